The van der Waals surface area contributed by atoms with Crippen molar-refractivity contribution in [2.75, 3.05) is 10.8 Å². The Morgan fingerprint density at radius 3 is 2.57 bits per heavy atom. The van der Waals surface area contributed by atoms with Crippen LogP contribution in [0.2, 0.25) is 5.02 Å². The predicted octanol–water partition coefficient (Wildman–Crippen LogP) is 2.74. The first-order valence-electron chi connectivity index (χ1n) is 6.25. The van der Waals surface area contributed by atoms with Gasteiger partial charge in [-0.05, 0) is 32.0 Å². The Morgan fingerprint density at radius 1 is 1.43 bits per heavy atom. The van der Waals surface area contributed by atoms with Crippen molar-refractivity contribution in [2.45, 2.75) is 18.9 Å². The molecule has 1 heterocycles. The van der Waals surface area contributed by atoms with Crippen LogP contribution in [0, 0.1) is 12.7 Å². The zero-order valence-corrected chi connectivity index (χ0v) is 13.4. The molecular weight excluding hydrogens is 317 g/mol. The summed E-state index contributed by atoms with van der Waals surface area (Å²) in [7, 11) is -2.37. The van der Waals surface area contributed by atoms with Gasteiger partial charge in [-0.1, -0.05) is 11.6 Å². The van der Waals surface area contributed by atoms with Crippen molar-refractivity contribution in [3.8, 4) is 0 Å². The standard InChI is InChI=1S/C13H15ClFN3O2S/c1-4-18(12-6-5-10(14)7-11(12)15)21(19,20)13-9(2)8-16-17(13)3/h5-8H,4H2,1-3H3. The topological polar surface area (TPSA) is 55.2 Å². The van der Waals surface area contributed by atoms with Gasteiger partial charge in [-0.25, -0.2) is 4.39 Å². The Kier molecular flexibility index (Phi) is 4.25. The highest BCUT2D eigenvalue weighted by Gasteiger charge is 2.30. The third kappa shape index (κ3) is 2.75. The maximum absolute atomic E-state index is 14.0. The van der Waals surface area contributed by atoms with Gasteiger partial charge in [-0.15, -0.1) is 0 Å². The summed E-state index contributed by atoms with van der Waals surface area (Å²) in [5.74, 6) is -0.687. The van der Waals surface area contributed by atoms with Crippen LogP contribution < -0.4 is 4.31 Å². The van der Waals surface area contributed by atoms with E-state index in [4.69, 9.17) is 11.6 Å². The minimum atomic E-state index is -3.91. The third-order valence-corrected chi connectivity index (χ3v) is 5.40. The molecule has 5 nitrogen and oxygen atoms in total. The summed E-state index contributed by atoms with van der Waals surface area (Å²) >= 11 is 5.71. The van der Waals surface area contributed by atoms with E-state index in [1.54, 1.807) is 13.8 Å². The van der Waals surface area contributed by atoms with Crippen LogP contribution >= 0.6 is 11.6 Å². The number of halogens is 2. The van der Waals surface area contributed by atoms with Crippen molar-refractivity contribution in [2.24, 2.45) is 7.05 Å². The van der Waals surface area contributed by atoms with Gasteiger partial charge in [0.1, 0.15) is 5.82 Å². The molecule has 1 aromatic carbocycles. The Balaban J connectivity index is 2.60. The molecule has 0 spiro atoms. The van der Waals surface area contributed by atoms with Crippen molar-refractivity contribution < 1.29 is 12.8 Å². The number of hydrogen-bond donors (Lipinski definition) is 0. The van der Waals surface area contributed by atoms with Crippen molar-refractivity contribution >= 4 is 27.3 Å². The Hall–Kier alpha value is -1.60. The van der Waals surface area contributed by atoms with E-state index in [-0.39, 0.29) is 22.3 Å². The number of anilines is 1. The Morgan fingerprint density at radius 2 is 2.10 bits per heavy atom. The summed E-state index contributed by atoms with van der Waals surface area (Å²) in [4.78, 5) is 0. The maximum atomic E-state index is 14.0. The molecule has 2 rings (SSSR count). The summed E-state index contributed by atoms with van der Waals surface area (Å²) < 4.78 is 41.9. The van der Waals surface area contributed by atoms with Crippen molar-refractivity contribution in [1.29, 1.82) is 0 Å². The lowest BCUT2D eigenvalue weighted by Crippen LogP contribution is -2.33. The lowest BCUT2D eigenvalue weighted by atomic mass is 10.3. The minimum Gasteiger partial charge on any atom is -0.262 e. The van der Waals surface area contributed by atoms with Gasteiger partial charge >= 0.3 is 0 Å². The van der Waals surface area contributed by atoms with Crippen LogP contribution in [-0.2, 0) is 17.1 Å². The van der Waals surface area contributed by atoms with Gasteiger partial charge in [-0.2, -0.15) is 13.5 Å². The first-order chi connectivity index (χ1) is 9.78. The van der Waals surface area contributed by atoms with Gasteiger partial charge < -0.3 is 0 Å². The van der Waals surface area contributed by atoms with Gasteiger partial charge in [-0.3, -0.25) is 8.99 Å². The second-order valence-corrected chi connectivity index (χ2v) is 6.74. The van der Waals surface area contributed by atoms with Crippen LogP contribution in [0.4, 0.5) is 10.1 Å². The number of sulfonamides is 1. The number of rotatable bonds is 4. The van der Waals surface area contributed by atoms with Crippen LogP contribution in [0.1, 0.15) is 12.5 Å². The van der Waals surface area contributed by atoms with Crippen molar-refractivity contribution in [1.82, 2.24) is 9.78 Å². The molecule has 21 heavy (non-hydrogen) atoms. The number of hydrogen-bond acceptors (Lipinski definition) is 3. The molecule has 1 aromatic heterocycles. The molecule has 0 aliphatic carbocycles. The molecule has 0 aliphatic heterocycles. The molecule has 0 radical (unpaired) electrons. The van der Waals surface area contributed by atoms with Crippen LogP contribution in [0.3, 0.4) is 0 Å². The summed E-state index contributed by atoms with van der Waals surface area (Å²) in [6.07, 6.45) is 1.46. The zero-order valence-electron chi connectivity index (χ0n) is 11.8. The highest BCUT2D eigenvalue weighted by molar-refractivity contribution is 7.92. The smallest absolute Gasteiger partial charge is 0.262 e. The van der Waals surface area contributed by atoms with Crippen LogP contribution in [0.5, 0.6) is 0 Å². The summed E-state index contributed by atoms with van der Waals surface area (Å²) in [6.45, 7) is 3.37. The zero-order chi connectivity index (χ0) is 15.8. The van der Waals surface area contributed by atoms with E-state index < -0.39 is 15.8 Å². The molecule has 114 valence electrons. The molecule has 0 bridgehead atoms. The number of aryl methyl sites for hydroxylation is 2. The largest absolute Gasteiger partial charge is 0.281 e. The third-order valence-electron chi connectivity index (χ3n) is 3.06. The fourth-order valence-corrected chi connectivity index (χ4v) is 4.12. The van der Waals surface area contributed by atoms with E-state index in [1.807, 2.05) is 0 Å². The van der Waals surface area contributed by atoms with Crippen molar-refractivity contribution in [3.05, 3.63) is 40.8 Å². The molecule has 2 aromatic rings. The lowest BCUT2D eigenvalue weighted by molar-refractivity contribution is 0.568. The first kappa shape index (κ1) is 15.8. The quantitative estimate of drug-likeness (QED) is 0.865. The van der Waals surface area contributed by atoms with Gasteiger partial charge in [0.2, 0.25) is 0 Å². The van der Waals surface area contributed by atoms with E-state index in [0.29, 0.717) is 5.56 Å². The SMILES string of the molecule is CCN(c1ccc(Cl)cc1F)S(=O)(=O)c1c(C)cnn1C. The Bertz CT molecular complexity index is 754. The van der Waals surface area contributed by atoms with Gasteiger partial charge in [0.25, 0.3) is 10.0 Å². The van der Waals surface area contributed by atoms with Crippen LogP contribution in [0.25, 0.3) is 0 Å². The molecule has 8 heteroatoms. The average molecular weight is 332 g/mol. The number of aromatic nitrogens is 2. The van der Waals surface area contributed by atoms with E-state index in [9.17, 15) is 12.8 Å². The predicted molar refractivity (Wildman–Crippen MR) is 79.6 cm³/mol. The normalized spacial score (nSPS) is 11.7. The van der Waals surface area contributed by atoms with Gasteiger partial charge in [0.15, 0.2) is 5.03 Å². The Labute approximate surface area is 128 Å². The second kappa shape index (κ2) is 5.65. The number of benzene rings is 1. The van der Waals surface area contributed by atoms with E-state index in [0.717, 1.165) is 10.4 Å². The highest BCUT2D eigenvalue weighted by Crippen LogP contribution is 2.28. The molecule has 0 saturated heterocycles. The molecule has 0 amide bonds. The molecule has 0 aliphatic rings. The highest BCUT2D eigenvalue weighted by atomic mass is 35.5. The molecule has 0 unspecified atom stereocenters. The second-order valence-electron chi connectivity index (χ2n) is 4.52. The minimum absolute atomic E-state index is 0.0394. The summed E-state index contributed by atoms with van der Waals surface area (Å²) in [5, 5.41) is 4.18. The fourth-order valence-electron chi connectivity index (χ4n) is 2.16. The molecular formula is C13H15ClFN3O2S. The summed E-state index contributed by atoms with van der Waals surface area (Å²) in [6, 6.07) is 3.89. The molecule has 0 fully saturated rings. The first-order valence-corrected chi connectivity index (χ1v) is 8.07. The fraction of sp³-hybridized carbons (Fsp3) is 0.308. The van der Waals surface area contributed by atoms with E-state index in [1.165, 1.54) is 30.1 Å². The van der Waals surface area contributed by atoms with Crippen molar-refractivity contribution in [3.63, 3.8) is 0 Å². The average Bonchev–Trinajstić information content (AvgIpc) is 2.72. The molecule has 0 N–H and O–H groups in total. The monoisotopic (exact) mass is 331 g/mol. The summed E-state index contributed by atoms with van der Waals surface area (Å²) in [5.41, 5.74) is 0.466. The number of nitrogens with zero attached hydrogens (tertiary/aromatic N) is 3. The van der Waals surface area contributed by atoms with Gasteiger partial charge in [0, 0.05) is 24.2 Å². The van der Waals surface area contributed by atoms with E-state index in [2.05, 4.69) is 5.10 Å². The van der Waals surface area contributed by atoms with Crippen LogP contribution in [0.15, 0.2) is 29.4 Å². The maximum Gasteiger partial charge on any atom is 0.281 e. The van der Waals surface area contributed by atoms with Crippen LogP contribution in [-0.4, -0.2) is 24.7 Å². The van der Waals surface area contributed by atoms with Gasteiger partial charge in [0.05, 0.1) is 11.9 Å². The van der Waals surface area contributed by atoms with E-state index >= 15 is 0 Å². The lowest BCUT2D eigenvalue weighted by Gasteiger charge is -2.23. The molecule has 0 saturated carbocycles. The molecule has 0 atom stereocenters.